The molecule has 2 aromatic carbocycles. The highest BCUT2D eigenvalue weighted by Gasteiger charge is 2.35. The van der Waals surface area contributed by atoms with Crippen molar-refractivity contribution in [1.29, 1.82) is 0 Å². The Morgan fingerprint density at radius 3 is 2.61 bits per heavy atom. The fourth-order valence-electron chi connectivity index (χ4n) is 4.66. The molecule has 1 saturated heterocycles. The maximum atomic E-state index is 14.1. The van der Waals surface area contributed by atoms with Crippen molar-refractivity contribution in [2.24, 2.45) is 0 Å². The van der Waals surface area contributed by atoms with Crippen LogP contribution in [0.2, 0.25) is 0 Å². The number of nitrogens with one attached hydrogen (secondary N) is 1. The minimum atomic E-state index is -4.73. The van der Waals surface area contributed by atoms with E-state index in [0.717, 1.165) is 16.3 Å². The predicted molar refractivity (Wildman–Crippen MR) is 138 cm³/mol. The molecule has 198 valence electrons. The maximum Gasteiger partial charge on any atom is 0.418 e. The van der Waals surface area contributed by atoms with E-state index in [1.807, 2.05) is 19.1 Å². The molecule has 0 spiro atoms. The number of aliphatic hydroxyl groups is 1. The van der Waals surface area contributed by atoms with Crippen LogP contribution in [0.1, 0.15) is 24.5 Å². The molecule has 4 aromatic rings. The number of aryl methyl sites for hydroxylation is 1. The Morgan fingerprint density at radius 1 is 1.16 bits per heavy atom. The van der Waals surface area contributed by atoms with Crippen molar-refractivity contribution in [3.63, 3.8) is 0 Å². The average Bonchev–Trinajstić information content (AvgIpc) is 3.56. The molecular weight excluding hydrogens is 499 g/mol. The average molecular weight is 526 g/mol. The van der Waals surface area contributed by atoms with Crippen molar-refractivity contribution in [2.45, 2.75) is 32.5 Å². The Bertz CT molecular complexity index is 1520. The molecule has 0 aliphatic carbocycles. The van der Waals surface area contributed by atoms with Gasteiger partial charge >= 0.3 is 6.18 Å². The summed E-state index contributed by atoms with van der Waals surface area (Å²) in [5.41, 5.74) is 0.996. The van der Waals surface area contributed by atoms with Crippen LogP contribution in [-0.4, -0.2) is 45.6 Å². The van der Waals surface area contributed by atoms with Crippen LogP contribution in [-0.2, 0) is 6.18 Å². The van der Waals surface area contributed by atoms with Crippen molar-refractivity contribution in [3.05, 3.63) is 76.5 Å². The number of hydrogen-bond acceptors (Lipinski definition) is 7. The Kier molecular flexibility index (Phi) is 6.70. The third-order valence-electron chi connectivity index (χ3n) is 6.41. The highest BCUT2D eigenvalue weighted by molar-refractivity contribution is 5.71. The lowest BCUT2D eigenvalue weighted by atomic mass is 10.0. The molecule has 8 nitrogen and oxygen atoms in total. The van der Waals surface area contributed by atoms with E-state index in [9.17, 15) is 23.1 Å². The molecule has 1 aliphatic rings. The SMILES string of the molecule is CCNc1cc(-c2cc(C)cc(-c3cnco3)c2)nn(-c2cc(N3CC[C@H](O)C3)ccc2C(F)(F)F)c1=O. The quantitative estimate of drug-likeness (QED) is 0.370. The molecule has 0 unspecified atom stereocenters. The first-order chi connectivity index (χ1) is 18.1. The van der Waals surface area contributed by atoms with Gasteiger partial charge in [-0.1, -0.05) is 0 Å². The lowest BCUT2D eigenvalue weighted by Gasteiger charge is -2.22. The first kappa shape index (κ1) is 25.5. The van der Waals surface area contributed by atoms with E-state index in [4.69, 9.17) is 4.42 Å². The predicted octanol–water partition coefficient (Wildman–Crippen LogP) is 4.88. The van der Waals surface area contributed by atoms with E-state index in [1.54, 1.807) is 24.1 Å². The number of nitrogens with zero attached hydrogens (tertiary/aromatic N) is 4. The van der Waals surface area contributed by atoms with E-state index in [1.165, 1.54) is 24.6 Å². The van der Waals surface area contributed by atoms with Gasteiger partial charge in [0.15, 0.2) is 12.2 Å². The minimum Gasteiger partial charge on any atom is -0.444 e. The minimum absolute atomic E-state index is 0.121. The van der Waals surface area contributed by atoms with E-state index in [-0.39, 0.29) is 11.4 Å². The van der Waals surface area contributed by atoms with Crippen LogP contribution in [0.3, 0.4) is 0 Å². The zero-order chi connectivity index (χ0) is 27.0. The van der Waals surface area contributed by atoms with Gasteiger partial charge in [0.25, 0.3) is 5.56 Å². The van der Waals surface area contributed by atoms with Crippen molar-refractivity contribution in [1.82, 2.24) is 14.8 Å². The van der Waals surface area contributed by atoms with Gasteiger partial charge in [0.05, 0.1) is 29.2 Å². The zero-order valence-electron chi connectivity index (χ0n) is 20.8. The molecule has 1 fully saturated rings. The highest BCUT2D eigenvalue weighted by Crippen LogP contribution is 2.37. The summed E-state index contributed by atoms with van der Waals surface area (Å²) in [4.78, 5) is 19.2. The monoisotopic (exact) mass is 525 g/mol. The Hall–Kier alpha value is -4.12. The number of aromatic nitrogens is 3. The van der Waals surface area contributed by atoms with E-state index >= 15 is 0 Å². The second kappa shape index (κ2) is 9.97. The molecule has 0 radical (unpaired) electrons. The van der Waals surface area contributed by atoms with E-state index < -0.39 is 23.4 Å². The number of oxazole rings is 1. The van der Waals surface area contributed by atoms with Crippen LogP contribution in [0, 0.1) is 6.92 Å². The molecule has 3 heterocycles. The fraction of sp³-hybridized carbons (Fsp3) is 0.296. The summed E-state index contributed by atoms with van der Waals surface area (Å²) in [7, 11) is 0. The van der Waals surface area contributed by atoms with E-state index in [2.05, 4.69) is 15.4 Å². The maximum absolute atomic E-state index is 14.1. The third kappa shape index (κ3) is 5.01. The molecule has 0 saturated carbocycles. The standard InChI is InChI=1S/C27H26F3N5O3/c1-3-32-23-12-22(17-8-16(2)9-18(10-17)25-13-31-15-38-25)33-35(26(23)37)24-11-19(34-7-6-20(36)14-34)4-5-21(24)27(28,29)30/h4-5,8-13,15,20,32,36H,3,6-7,14H2,1-2H3/t20-/m0/s1. The van der Waals surface area contributed by atoms with Gasteiger partial charge in [0, 0.05) is 36.4 Å². The van der Waals surface area contributed by atoms with Crippen molar-refractivity contribution in [3.8, 4) is 28.3 Å². The number of β-amino-alcohol motifs (C(OH)–C–C–N with tert-alkyl or cyclic N) is 1. The van der Waals surface area contributed by atoms with Crippen molar-refractivity contribution >= 4 is 11.4 Å². The second-order valence-corrected chi connectivity index (χ2v) is 9.23. The first-order valence-corrected chi connectivity index (χ1v) is 12.2. The van der Waals surface area contributed by atoms with E-state index in [0.29, 0.717) is 54.3 Å². The van der Waals surface area contributed by atoms with Crippen molar-refractivity contribution in [2.75, 3.05) is 29.9 Å². The summed E-state index contributed by atoms with van der Waals surface area (Å²) in [6.45, 7) is 4.83. The Balaban J connectivity index is 1.72. The normalized spacial score (nSPS) is 15.7. The van der Waals surface area contributed by atoms with Gasteiger partial charge < -0.3 is 19.7 Å². The van der Waals surface area contributed by atoms with Crippen LogP contribution in [0.5, 0.6) is 0 Å². The molecule has 2 N–H and O–H groups in total. The number of anilines is 2. The molecule has 0 amide bonds. The summed E-state index contributed by atoms with van der Waals surface area (Å²) in [5, 5.41) is 17.3. The van der Waals surface area contributed by atoms with Gasteiger partial charge in [-0.15, -0.1) is 0 Å². The van der Waals surface area contributed by atoms with Gasteiger partial charge in [-0.3, -0.25) is 4.79 Å². The summed E-state index contributed by atoms with van der Waals surface area (Å²) >= 11 is 0. The lowest BCUT2D eigenvalue weighted by molar-refractivity contribution is -0.137. The third-order valence-corrected chi connectivity index (χ3v) is 6.41. The highest BCUT2D eigenvalue weighted by atomic mass is 19.4. The van der Waals surface area contributed by atoms with Gasteiger partial charge in [0.1, 0.15) is 5.69 Å². The summed E-state index contributed by atoms with van der Waals surface area (Å²) in [6.07, 6.45) is -1.91. The van der Waals surface area contributed by atoms with Crippen LogP contribution in [0.25, 0.3) is 28.3 Å². The lowest BCUT2D eigenvalue weighted by Crippen LogP contribution is -2.28. The molecular formula is C27H26F3N5O3. The fourth-order valence-corrected chi connectivity index (χ4v) is 4.66. The van der Waals surface area contributed by atoms with Gasteiger partial charge in [-0.2, -0.15) is 23.0 Å². The smallest absolute Gasteiger partial charge is 0.418 e. The number of rotatable bonds is 6. The second-order valence-electron chi connectivity index (χ2n) is 9.23. The topological polar surface area (TPSA) is 96.4 Å². The van der Waals surface area contributed by atoms with Crippen LogP contribution >= 0.6 is 0 Å². The number of benzene rings is 2. The number of alkyl halides is 3. The van der Waals surface area contributed by atoms with Crippen LogP contribution < -0.4 is 15.8 Å². The van der Waals surface area contributed by atoms with Crippen LogP contribution in [0.4, 0.5) is 24.5 Å². The molecule has 5 rings (SSSR count). The van der Waals surface area contributed by atoms with Gasteiger partial charge in [0.2, 0.25) is 0 Å². The van der Waals surface area contributed by atoms with Gasteiger partial charge in [-0.05, 0) is 68.3 Å². The summed E-state index contributed by atoms with van der Waals surface area (Å²) in [6, 6.07) is 10.7. The largest absolute Gasteiger partial charge is 0.444 e. The summed E-state index contributed by atoms with van der Waals surface area (Å²) < 4.78 is 48.7. The number of aliphatic hydroxyl groups excluding tert-OH is 1. The molecule has 11 heteroatoms. The number of halogens is 3. The zero-order valence-corrected chi connectivity index (χ0v) is 20.8. The first-order valence-electron chi connectivity index (χ1n) is 12.2. The molecule has 1 aliphatic heterocycles. The number of hydrogen-bond donors (Lipinski definition) is 2. The molecule has 1 atom stereocenters. The molecule has 38 heavy (non-hydrogen) atoms. The Morgan fingerprint density at radius 2 is 1.95 bits per heavy atom. The molecule has 2 aromatic heterocycles. The summed E-state index contributed by atoms with van der Waals surface area (Å²) in [5.74, 6) is 0.523. The van der Waals surface area contributed by atoms with Gasteiger partial charge in [-0.25, -0.2) is 4.98 Å². The van der Waals surface area contributed by atoms with Crippen molar-refractivity contribution < 1.29 is 22.7 Å². The molecule has 0 bridgehead atoms. The van der Waals surface area contributed by atoms with Crippen LogP contribution in [0.15, 0.2) is 64.3 Å². The Labute approximate surface area is 216 Å².